The Hall–Kier alpha value is -6.43. The Labute approximate surface area is 392 Å². The summed E-state index contributed by atoms with van der Waals surface area (Å²) in [6, 6.07) is 9.99. The maximum Gasteiger partial charge on any atom is 0.407 e. The van der Waals surface area contributed by atoms with Crippen molar-refractivity contribution < 1.29 is 52.9 Å². The van der Waals surface area contributed by atoms with Gasteiger partial charge < -0.3 is 34.6 Å². The molecule has 0 spiro atoms. The molecule has 0 bridgehead atoms. The molecule has 0 saturated carbocycles. The van der Waals surface area contributed by atoms with E-state index < -0.39 is 36.3 Å². The van der Waals surface area contributed by atoms with Crippen LogP contribution in [0.5, 0.6) is 5.75 Å². The van der Waals surface area contributed by atoms with Gasteiger partial charge in [0.15, 0.2) is 28.8 Å². The van der Waals surface area contributed by atoms with Crippen molar-refractivity contribution in [2.24, 2.45) is 11.8 Å². The van der Waals surface area contributed by atoms with E-state index in [1.165, 1.54) is 25.6 Å². The van der Waals surface area contributed by atoms with E-state index in [0.29, 0.717) is 48.5 Å². The van der Waals surface area contributed by atoms with E-state index in [9.17, 15) is 19.2 Å². The fourth-order valence-electron chi connectivity index (χ4n) is 10.2. The van der Waals surface area contributed by atoms with Crippen LogP contribution in [0.1, 0.15) is 101 Å². The summed E-state index contributed by atoms with van der Waals surface area (Å²) < 4.78 is 35.4. The molecule has 5 aliphatic heterocycles. The van der Waals surface area contributed by atoms with Crippen molar-refractivity contribution in [3.8, 4) is 17.0 Å². The molecule has 5 aliphatic rings. The molecule has 4 aromatic rings. The number of H-pyrrole nitrogens is 1. The van der Waals surface area contributed by atoms with Gasteiger partial charge >= 0.3 is 17.2 Å². The average molecular weight is 937 g/mol. The fraction of sp³-hybridized carbons (Fsp3) is 0.469. The third-order valence-corrected chi connectivity index (χ3v) is 14.8. The van der Waals surface area contributed by atoms with Gasteiger partial charge in [-0.15, -0.1) is 0 Å². The number of aryl methyl sites for hydroxylation is 1. The smallest absolute Gasteiger partial charge is 0.407 e. The van der Waals surface area contributed by atoms with E-state index >= 15 is 4.39 Å². The average Bonchev–Trinajstić information content (AvgIpc) is 4.18. The van der Waals surface area contributed by atoms with Gasteiger partial charge in [0.05, 0.1) is 43.8 Å². The van der Waals surface area contributed by atoms with Gasteiger partial charge in [0, 0.05) is 41.1 Å². The van der Waals surface area contributed by atoms with Crippen LogP contribution in [0.4, 0.5) is 14.0 Å². The fourth-order valence-corrected chi connectivity index (χ4v) is 11.0. The summed E-state index contributed by atoms with van der Waals surface area (Å²) in [6.45, 7) is 10.8. The second kappa shape index (κ2) is 18.7. The van der Waals surface area contributed by atoms with Gasteiger partial charge in [0.25, 0.3) is 6.23 Å². The first-order valence-electron chi connectivity index (χ1n) is 23.2. The van der Waals surface area contributed by atoms with Gasteiger partial charge in [-0.3, -0.25) is 14.2 Å². The van der Waals surface area contributed by atoms with Gasteiger partial charge in [-0.2, -0.15) is 0 Å². The Bertz CT molecular complexity index is 2770. The summed E-state index contributed by atoms with van der Waals surface area (Å²) in [5.41, 5.74) is 7.51. The molecule has 352 valence electrons. The van der Waals surface area contributed by atoms with Gasteiger partial charge in [0.1, 0.15) is 35.7 Å². The minimum Gasteiger partial charge on any atom is -0.457 e. The zero-order valence-electron chi connectivity index (χ0n) is 39.0. The first-order chi connectivity index (χ1) is 32.3. The Morgan fingerprint density at radius 3 is 1.96 bits per heavy atom. The summed E-state index contributed by atoms with van der Waals surface area (Å²) >= 11 is 1.52. The number of carbonyl (C=O) groups excluding carboxylic acids is 4. The third kappa shape index (κ3) is 8.59. The number of methoxy groups -OCH3 is 2. The quantitative estimate of drug-likeness (QED) is 0.166. The van der Waals surface area contributed by atoms with Crippen LogP contribution in [0, 0.1) is 17.7 Å². The minimum absolute atomic E-state index is 0.122. The molecule has 2 saturated heterocycles. The predicted octanol–water partition coefficient (Wildman–Crippen LogP) is 3.50. The van der Waals surface area contributed by atoms with Crippen LogP contribution in [0.3, 0.4) is 0 Å². The lowest BCUT2D eigenvalue weighted by atomic mass is 9.95. The van der Waals surface area contributed by atoms with Crippen LogP contribution in [-0.2, 0) is 25.5 Å². The van der Waals surface area contributed by atoms with Gasteiger partial charge in [-0.25, -0.2) is 24.0 Å². The first-order valence-corrected chi connectivity index (χ1v) is 24.1. The lowest BCUT2D eigenvalue weighted by molar-refractivity contribution is -0.464. The molecule has 7 heterocycles. The molecule has 5 atom stereocenters. The van der Waals surface area contributed by atoms with Crippen LogP contribution in [0.25, 0.3) is 33.3 Å². The molecule has 2 aromatic heterocycles. The zero-order valence-corrected chi connectivity index (χ0v) is 39.8. The normalized spacial score (nSPS) is 20.8. The number of alkyl carbamates (subject to hydrolysis) is 2. The molecule has 16 nitrogen and oxygen atoms in total. The van der Waals surface area contributed by atoms with Crippen LogP contribution in [0.2, 0.25) is 0 Å². The molecule has 0 aliphatic carbocycles. The highest BCUT2D eigenvalue weighted by Gasteiger charge is 2.44. The first kappa shape index (κ1) is 45.7. The third-order valence-electron chi connectivity index (χ3n) is 13.7. The number of nitrogens with one attached hydrogen (secondary N) is 5. The Morgan fingerprint density at radius 2 is 1.42 bits per heavy atom. The number of carbonyl (C=O) groups is 4. The number of nitrogens with zero attached hydrogens (tertiary/aromatic N) is 4. The maximum atomic E-state index is 16.9. The van der Waals surface area contributed by atoms with E-state index in [2.05, 4.69) is 49.0 Å². The number of aromatic nitrogens is 3. The predicted molar refractivity (Wildman–Crippen MR) is 249 cm³/mol. The van der Waals surface area contributed by atoms with E-state index in [0.717, 1.165) is 81.2 Å². The van der Waals surface area contributed by atoms with Gasteiger partial charge in [-0.1, -0.05) is 45.8 Å². The SMILES string of the molecule is CCc1n[nH+]c(C2Oc3cc(C4=C[NH+]=C([C@@H]5CCCN5C(=O)[C@@H](NC(=O)OC)C(C)C)C4)cc(F)c3-c3cc4cc(C5=C[NH+]=C([C@@H]6CCCN6C(=O)C(NC(=O)OC)C(C)C)C5)ccc4n32)s1. The summed E-state index contributed by atoms with van der Waals surface area (Å²) in [4.78, 5) is 62.6. The molecule has 67 heavy (non-hydrogen) atoms. The van der Waals surface area contributed by atoms with E-state index in [1.54, 1.807) is 6.07 Å². The molecule has 9 rings (SSSR count). The second-order valence-corrected chi connectivity index (χ2v) is 19.7. The maximum absolute atomic E-state index is 16.9. The number of allylic oxidation sites excluding steroid dienone is 2. The van der Waals surface area contributed by atoms with Crippen molar-refractivity contribution in [1.29, 1.82) is 0 Å². The van der Waals surface area contributed by atoms with Crippen molar-refractivity contribution >= 4 is 68.8 Å². The number of benzene rings is 2. The summed E-state index contributed by atoms with van der Waals surface area (Å²) in [7, 11) is 2.57. The Kier molecular flexibility index (Phi) is 12.8. The van der Waals surface area contributed by atoms with Crippen LogP contribution < -0.4 is 30.5 Å². The van der Waals surface area contributed by atoms with Crippen LogP contribution in [0.15, 0.2) is 48.8 Å². The Balaban J connectivity index is 0.973. The van der Waals surface area contributed by atoms with E-state index in [1.807, 2.05) is 73.5 Å². The number of halogens is 1. The number of amides is 4. The molecule has 2 aromatic carbocycles. The molecule has 2 fully saturated rings. The number of ether oxygens (including phenoxy) is 3. The highest BCUT2D eigenvalue weighted by atomic mass is 32.1. The highest BCUT2D eigenvalue weighted by Crippen LogP contribution is 2.47. The Morgan fingerprint density at radius 1 is 0.836 bits per heavy atom. The van der Waals surface area contributed by atoms with Crippen LogP contribution >= 0.6 is 11.3 Å². The lowest BCUT2D eigenvalue weighted by Gasteiger charge is -2.29. The number of fused-ring (bicyclic) bond motifs is 5. The molecule has 4 amide bonds. The summed E-state index contributed by atoms with van der Waals surface area (Å²) in [6.07, 6.45) is 7.07. The topological polar surface area (TPSA) is 186 Å². The molecule has 18 heteroatoms. The summed E-state index contributed by atoms with van der Waals surface area (Å²) in [5, 5.41) is 15.8. The molecular weight excluding hydrogens is 878 g/mol. The highest BCUT2D eigenvalue weighted by molar-refractivity contribution is 7.11. The van der Waals surface area contributed by atoms with Gasteiger partial charge in [0.2, 0.25) is 11.8 Å². The largest absolute Gasteiger partial charge is 0.457 e. The van der Waals surface area contributed by atoms with Crippen molar-refractivity contribution in [3.05, 3.63) is 75.8 Å². The molecule has 5 N–H and O–H groups in total. The zero-order chi connectivity index (χ0) is 47.3. The number of rotatable bonds is 12. The van der Waals surface area contributed by atoms with Crippen molar-refractivity contribution in [2.45, 2.75) is 110 Å². The van der Waals surface area contributed by atoms with Crippen LogP contribution in [-0.4, -0.2) is 106 Å². The lowest BCUT2D eigenvalue weighted by Crippen LogP contribution is -2.69. The van der Waals surface area contributed by atoms with Crippen molar-refractivity contribution in [2.75, 3.05) is 27.3 Å². The number of aromatic amines is 1. The number of hydrogen-bond acceptors (Lipinski definition) is 9. The molecule has 0 radical (unpaired) electrons. The number of likely N-dealkylation sites (tertiary alicyclic amines) is 2. The van der Waals surface area contributed by atoms with E-state index in [-0.39, 0.29) is 35.7 Å². The van der Waals surface area contributed by atoms with Gasteiger partial charge in [-0.05, 0) is 90.3 Å². The minimum atomic E-state index is -0.730. The van der Waals surface area contributed by atoms with Crippen molar-refractivity contribution in [1.82, 2.24) is 30.1 Å². The monoisotopic (exact) mass is 936 g/mol. The van der Waals surface area contributed by atoms with Crippen molar-refractivity contribution in [3.63, 3.8) is 0 Å². The molecular formula is C49H59FN9O7S+3. The standard InChI is InChI=1S/C49H56FN9O7S/c1-8-40-55-56-44(67-40)47-59-35-14-13-27(30-19-33(51-23-30)36-11-9-15-57(36)45(60)42(25(2)3)53-48(62)64-6)17-29(35)21-38(59)41-32(50)18-28(22-39(41)66-47)31-20-34(52-24-31)37-12-10-16-58(37)46(61)43(26(4)5)54-49(63)65-7/h13-14,17-18,21-26,36-37,42-43,47H,8-12,15-16,19-20H2,1-7H3,(H,53,62)(H,54,63)/p+3/t36-,37-,42?,43-,47?/m0/s1. The second-order valence-electron chi connectivity index (χ2n) is 18.5. The molecule has 2 unspecified atom stereocenters. The summed E-state index contributed by atoms with van der Waals surface area (Å²) in [5.74, 6) is -0.554. The number of hydrogen-bond donors (Lipinski definition) is 4. The van der Waals surface area contributed by atoms with E-state index in [4.69, 9.17) is 14.2 Å².